The number of alkyl halides is 1. The Balaban J connectivity index is 2.62. The molecule has 0 aromatic heterocycles. The summed E-state index contributed by atoms with van der Waals surface area (Å²) < 4.78 is 5.53. The molecular weight excluding hydrogens is 238 g/mol. The molecule has 0 aliphatic carbocycles. The minimum absolute atomic E-state index is 0.0164. The molecule has 0 bridgehead atoms. The van der Waals surface area contributed by atoms with Gasteiger partial charge in [0.2, 0.25) is 5.91 Å². The highest BCUT2D eigenvalue weighted by Gasteiger charge is 2.07. The van der Waals surface area contributed by atoms with Gasteiger partial charge in [0.1, 0.15) is 11.6 Å². The Bertz CT molecular complexity index is 368. The van der Waals surface area contributed by atoms with Crippen molar-refractivity contribution < 1.29 is 9.53 Å². The minimum atomic E-state index is -0.0773. The number of hydrogen-bond donors (Lipinski definition) is 0. The average Bonchev–Trinajstić information content (AvgIpc) is 2.35. The van der Waals surface area contributed by atoms with Crippen LogP contribution in [0.25, 0.3) is 0 Å². The maximum atomic E-state index is 11.3. The fourth-order valence-corrected chi connectivity index (χ4v) is 1.62. The number of amides is 1. The lowest BCUT2D eigenvalue weighted by molar-refractivity contribution is -0.127. The van der Waals surface area contributed by atoms with Gasteiger partial charge >= 0.3 is 0 Å². The smallest absolute Gasteiger partial charge is 0.237 e. The monoisotopic (exact) mass is 255 g/mol. The molecule has 0 saturated carbocycles. The summed E-state index contributed by atoms with van der Waals surface area (Å²) in [4.78, 5) is 12.9. The standard InChI is InChI=1S/C13H18ClNO2/c1-3-7-17-12-6-4-5-11(8-12)10-15(2)13(16)9-14/h4-6,8H,3,7,9-10H2,1-2H3. The number of rotatable bonds is 6. The van der Waals surface area contributed by atoms with E-state index in [-0.39, 0.29) is 11.8 Å². The largest absolute Gasteiger partial charge is 0.494 e. The van der Waals surface area contributed by atoms with Crippen LogP contribution < -0.4 is 4.74 Å². The van der Waals surface area contributed by atoms with Crippen molar-refractivity contribution in [3.8, 4) is 5.75 Å². The van der Waals surface area contributed by atoms with Gasteiger partial charge < -0.3 is 9.64 Å². The number of carbonyl (C=O) groups is 1. The van der Waals surface area contributed by atoms with Crippen LogP contribution in [-0.4, -0.2) is 30.3 Å². The van der Waals surface area contributed by atoms with Crippen LogP contribution >= 0.6 is 11.6 Å². The van der Waals surface area contributed by atoms with Gasteiger partial charge in [-0.25, -0.2) is 0 Å². The second kappa shape index (κ2) is 7.17. The first-order valence-corrected chi connectivity index (χ1v) is 6.22. The van der Waals surface area contributed by atoms with Crippen LogP contribution in [0.2, 0.25) is 0 Å². The first kappa shape index (κ1) is 13.8. The minimum Gasteiger partial charge on any atom is -0.494 e. The normalized spacial score (nSPS) is 10.1. The lowest BCUT2D eigenvalue weighted by atomic mass is 10.2. The predicted octanol–water partition coefficient (Wildman–Crippen LogP) is 2.67. The second-order valence-corrected chi connectivity index (χ2v) is 4.15. The zero-order valence-corrected chi connectivity index (χ0v) is 11.0. The molecule has 17 heavy (non-hydrogen) atoms. The molecule has 0 saturated heterocycles. The number of halogens is 1. The zero-order valence-electron chi connectivity index (χ0n) is 10.3. The molecule has 0 heterocycles. The topological polar surface area (TPSA) is 29.5 Å². The summed E-state index contributed by atoms with van der Waals surface area (Å²) in [5.41, 5.74) is 1.04. The van der Waals surface area contributed by atoms with Crippen LogP contribution in [0, 0.1) is 0 Å². The highest BCUT2D eigenvalue weighted by Crippen LogP contribution is 2.15. The molecule has 94 valence electrons. The molecule has 0 atom stereocenters. The summed E-state index contributed by atoms with van der Waals surface area (Å²) in [6.07, 6.45) is 0.981. The van der Waals surface area contributed by atoms with E-state index < -0.39 is 0 Å². The third-order valence-electron chi connectivity index (χ3n) is 2.33. The van der Waals surface area contributed by atoms with Crippen molar-refractivity contribution in [1.82, 2.24) is 4.90 Å². The van der Waals surface area contributed by atoms with Crippen molar-refractivity contribution in [2.24, 2.45) is 0 Å². The SMILES string of the molecule is CCCOc1cccc(CN(C)C(=O)CCl)c1. The third-order valence-corrected chi connectivity index (χ3v) is 2.56. The van der Waals surface area contributed by atoms with Gasteiger partial charge in [-0.2, -0.15) is 0 Å². The van der Waals surface area contributed by atoms with Crippen LogP contribution in [0.15, 0.2) is 24.3 Å². The fourth-order valence-electron chi connectivity index (χ4n) is 1.42. The summed E-state index contributed by atoms with van der Waals surface area (Å²) in [5, 5.41) is 0. The number of carbonyl (C=O) groups excluding carboxylic acids is 1. The van der Waals surface area contributed by atoms with E-state index in [0.717, 1.165) is 17.7 Å². The maximum absolute atomic E-state index is 11.3. The molecule has 0 radical (unpaired) electrons. The molecule has 0 aliphatic rings. The van der Waals surface area contributed by atoms with E-state index in [1.54, 1.807) is 11.9 Å². The maximum Gasteiger partial charge on any atom is 0.237 e. The lowest BCUT2D eigenvalue weighted by Crippen LogP contribution is -2.27. The summed E-state index contributed by atoms with van der Waals surface area (Å²) in [7, 11) is 1.74. The lowest BCUT2D eigenvalue weighted by Gasteiger charge is -2.16. The van der Waals surface area contributed by atoms with Gasteiger partial charge in [0.05, 0.1) is 6.61 Å². The van der Waals surface area contributed by atoms with E-state index in [1.165, 1.54) is 0 Å². The number of ether oxygens (including phenoxy) is 1. The van der Waals surface area contributed by atoms with E-state index >= 15 is 0 Å². The van der Waals surface area contributed by atoms with Crippen LogP contribution in [0.5, 0.6) is 5.75 Å². The summed E-state index contributed by atoms with van der Waals surface area (Å²) in [6.45, 7) is 3.32. The highest BCUT2D eigenvalue weighted by atomic mass is 35.5. The summed E-state index contributed by atoms with van der Waals surface area (Å²) >= 11 is 5.50. The van der Waals surface area contributed by atoms with E-state index in [2.05, 4.69) is 6.92 Å². The van der Waals surface area contributed by atoms with Crippen molar-refractivity contribution in [2.45, 2.75) is 19.9 Å². The van der Waals surface area contributed by atoms with Crippen molar-refractivity contribution in [1.29, 1.82) is 0 Å². The van der Waals surface area contributed by atoms with Crippen LogP contribution in [0.4, 0.5) is 0 Å². The van der Waals surface area contributed by atoms with Gasteiger partial charge in [0, 0.05) is 13.6 Å². The van der Waals surface area contributed by atoms with Gasteiger partial charge in [-0.1, -0.05) is 19.1 Å². The van der Waals surface area contributed by atoms with Crippen molar-refractivity contribution >= 4 is 17.5 Å². The number of hydrogen-bond acceptors (Lipinski definition) is 2. The molecule has 0 unspecified atom stereocenters. The van der Waals surface area contributed by atoms with Gasteiger partial charge in [-0.05, 0) is 24.1 Å². The van der Waals surface area contributed by atoms with E-state index in [9.17, 15) is 4.79 Å². The molecular formula is C13H18ClNO2. The van der Waals surface area contributed by atoms with E-state index in [1.807, 2.05) is 24.3 Å². The molecule has 0 spiro atoms. The quantitative estimate of drug-likeness (QED) is 0.732. The van der Waals surface area contributed by atoms with Crippen LogP contribution in [0.1, 0.15) is 18.9 Å². The van der Waals surface area contributed by atoms with Crippen molar-refractivity contribution in [3.63, 3.8) is 0 Å². The Morgan fingerprint density at radius 1 is 1.47 bits per heavy atom. The molecule has 1 rings (SSSR count). The number of nitrogens with zero attached hydrogens (tertiary/aromatic N) is 1. The zero-order chi connectivity index (χ0) is 12.7. The predicted molar refractivity (Wildman–Crippen MR) is 69.4 cm³/mol. The summed E-state index contributed by atoms with van der Waals surface area (Å²) in [5.74, 6) is 0.783. The Morgan fingerprint density at radius 2 is 2.24 bits per heavy atom. The Hall–Kier alpha value is -1.22. The molecule has 0 N–H and O–H groups in total. The first-order valence-electron chi connectivity index (χ1n) is 5.69. The van der Waals surface area contributed by atoms with Crippen molar-refractivity contribution in [3.05, 3.63) is 29.8 Å². The van der Waals surface area contributed by atoms with E-state index in [4.69, 9.17) is 16.3 Å². The van der Waals surface area contributed by atoms with Crippen LogP contribution in [-0.2, 0) is 11.3 Å². The molecule has 1 aromatic carbocycles. The molecule has 0 aliphatic heterocycles. The fraction of sp³-hybridized carbons (Fsp3) is 0.462. The molecule has 1 amide bonds. The van der Waals surface area contributed by atoms with Gasteiger partial charge in [-0.15, -0.1) is 11.6 Å². The average molecular weight is 256 g/mol. The molecule has 0 fully saturated rings. The van der Waals surface area contributed by atoms with Crippen LogP contribution in [0.3, 0.4) is 0 Å². The number of benzene rings is 1. The third kappa shape index (κ3) is 4.65. The molecule has 1 aromatic rings. The van der Waals surface area contributed by atoms with Crippen molar-refractivity contribution in [2.75, 3.05) is 19.5 Å². The van der Waals surface area contributed by atoms with Gasteiger partial charge in [0.15, 0.2) is 0 Å². The highest BCUT2D eigenvalue weighted by molar-refractivity contribution is 6.27. The Kier molecular flexibility index (Phi) is 5.84. The Labute approximate surface area is 107 Å². The van der Waals surface area contributed by atoms with E-state index in [0.29, 0.717) is 13.2 Å². The first-order chi connectivity index (χ1) is 8.17. The van der Waals surface area contributed by atoms with Gasteiger partial charge in [0.25, 0.3) is 0 Å². The summed E-state index contributed by atoms with van der Waals surface area (Å²) in [6, 6.07) is 7.77. The Morgan fingerprint density at radius 3 is 2.88 bits per heavy atom. The van der Waals surface area contributed by atoms with Gasteiger partial charge in [-0.3, -0.25) is 4.79 Å². The molecule has 4 heteroatoms. The molecule has 3 nitrogen and oxygen atoms in total. The second-order valence-electron chi connectivity index (χ2n) is 3.88.